The molecule has 0 unspecified atom stereocenters. The van der Waals surface area contributed by atoms with Gasteiger partial charge in [-0.15, -0.1) is 0 Å². The molecule has 0 bridgehead atoms. The van der Waals surface area contributed by atoms with E-state index in [0.29, 0.717) is 34.4 Å². The highest BCUT2D eigenvalue weighted by molar-refractivity contribution is 8.00. The van der Waals surface area contributed by atoms with Gasteiger partial charge >= 0.3 is 0 Å². The summed E-state index contributed by atoms with van der Waals surface area (Å²) in [5.74, 6) is 1.12. The van der Waals surface area contributed by atoms with E-state index in [9.17, 15) is 9.59 Å². The first-order valence-corrected chi connectivity index (χ1v) is 12.4. The third kappa shape index (κ3) is 4.98. The monoisotopic (exact) mass is 443 g/mol. The molecule has 168 valence electrons. The molecule has 0 spiro atoms. The van der Waals surface area contributed by atoms with Crippen LogP contribution in [0.4, 0.5) is 0 Å². The average Bonchev–Trinajstić information content (AvgIpc) is 3.27. The minimum Gasteiger partial charge on any atom is -0.376 e. The third-order valence-electron chi connectivity index (χ3n) is 6.92. The van der Waals surface area contributed by atoms with Gasteiger partial charge in [0.05, 0.1) is 28.8 Å². The van der Waals surface area contributed by atoms with Crippen molar-refractivity contribution in [1.82, 2.24) is 14.9 Å². The van der Waals surface area contributed by atoms with E-state index in [2.05, 4.69) is 19.2 Å². The molecule has 1 N–H and O–H groups in total. The Morgan fingerprint density at radius 2 is 2.06 bits per heavy atom. The highest BCUT2D eigenvalue weighted by Crippen LogP contribution is 2.30. The fraction of sp³-hybridized carbons (Fsp3) is 0.625. The molecule has 2 fully saturated rings. The number of nitrogens with zero attached hydrogens (tertiary/aromatic N) is 2. The summed E-state index contributed by atoms with van der Waals surface area (Å²) in [5.41, 5.74) is 0.604. The maximum Gasteiger partial charge on any atom is 0.262 e. The summed E-state index contributed by atoms with van der Waals surface area (Å²) in [6.45, 7) is 7.61. The van der Waals surface area contributed by atoms with Crippen molar-refractivity contribution in [2.24, 2.45) is 11.8 Å². The van der Waals surface area contributed by atoms with Crippen molar-refractivity contribution in [3.8, 4) is 0 Å². The Labute approximate surface area is 188 Å². The van der Waals surface area contributed by atoms with Gasteiger partial charge in [0.15, 0.2) is 5.16 Å². The first-order chi connectivity index (χ1) is 14.9. The zero-order chi connectivity index (χ0) is 22.0. The van der Waals surface area contributed by atoms with Gasteiger partial charge in [0.2, 0.25) is 5.91 Å². The van der Waals surface area contributed by atoms with Crippen LogP contribution >= 0.6 is 11.8 Å². The summed E-state index contributed by atoms with van der Waals surface area (Å²) in [6, 6.07) is 7.63. The van der Waals surface area contributed by atoms with Gasteiger partial charge in [-0.3, -0.25) is 14.2 Å². The van der Waals surface area contributed by atoms with Crippen LogP contribution in [0, 0.1) is 11.8 Å². The summed E-state index contributed by atoms with van der Waals surface area (Å²) in [7, 11) is 0. The first kappa shape index (κ1) is 22.3. The van der Waals surface area contributed by atoms with Crippen molar-refractivity contribution in [3.63, 3.8) is 0 Å². The second kappa shape index (κ2) is 9.74. The summed E-state index contributed by atoms with van der Waals surface area (Å²) in [4.78, 5) is 31.0. The van der Waals surface area contributed by atoms with E-state index in [-0.39, 0.29) is 28.9 Å². The lowest BCUT2D eigenvalue weighted by Crippen LogP contribution is -2.46. The number of carbonyl (C=O) groups is 1. The largest absolute Gasteiger partial charge is 0.376 e. The van der Waals surface area contributed by atoms with E-state index in [1.165, 1.54) is 18.2 Å². The number of para-hydroxylation sites is 1. The SMILES string of the molecule is C[C@@H]1[C@@H](C)CCC[C@H]1NC(=O)[C@H](C)Sc1nc2ccccc2c(=O)n1C[C@@H]1CCCO1. The minimum absolute atomic E-state index is 0.0158. The molecule has 1 saturated heterocycles. The van der Waals surface area contributed by atoms with Crippen LogP contribution in [-0.2, 0) is 16.1 Å². The normalized spacial score (nSPS) is 27.3. The number of nitrogens with one attached hydrogen (secondary N) is 1. The Balaban J connectivity index is 1.55. The third-order valence-corrected chi connectivity index (χ3v) is 8.01. The van der Waals surface area contributed by atoms with E-state index >= 15 is 0 Å². The Morgan fingerprint density at radius 1 is 1.26 bits per heavy atom. The van der Waals surface area contributed by atoms with Crippen molar-refractivity contribution < 1.29 is 9.53 Å². The molecule has 2 aliphatic rings. The van der Waals surface area contributed by atoms with Gasteiger partial charge in [-0.25, -0.2) is 4.98 Å². The number of ether oxygens (including phenoxy) is 1. The Bertz CT molecular complexity index is 986. The van der Waals surface area contributed by atoms with Crippen molar-refractivity contribution in [3.05, 3.63) is 34.6 Å². The van der Waals surface area contributed by atoms with Crippen LogP contribution in [0.2, 0.25) is 0 Å². The van der Waals surface area contributed by atoms with Crippen LogP contribution < -0.4 is 10.9 Å². The van der Waals surface area contributed by atoms with E-state index in [1.807, 2.05) is 31.2 Å². The number of hydrogen-bond donors (Lipinski definition) is 1. The number of benzene rings is 1. The highest BCUT2D eigenvalue weighted by atomic mass is 32.2. The molecule has 1 saturated carbocycles. The topological polar surface area (TPSA) is 73.2 Å². The zero-order valence-corrected chi connectivity index (χ0v) is 19.5. The zero-order valence-electron chi connectivity index (χ0n) is 18.7. The quantitative estimate of drug-likeness (QED) is 0.540. The van der Waals surface area contributed by atoms with E-state index in [1.54, 1.807) is 4.57 Å². The van der Waals surface area contributed by atoms with Crippen LogP contribution in [0.25, 0.3) is 10.9 Å². The molecule has 4 rings (SSSR count). The number of hydrogen-bond acceptors (Lipinski definition) is 5. The van der Waals surface area contributed by atoms with Crippen molar-refractivity contribution in [1.29, 1.82) is 0 Å². The summed E-state index contributed by atoms with van der Waals surface area (Å²) in [5, 5.41) is 4.12. The van der Waals surface area contributed by atoms with Crippen molar-refractivity contribution in [2.45, 2.75) is 82.0 Å². The number of carbonyl (C=O) groups excluding carboxylic acids is 1. The molecule has 1 aromatic carbocycles. The molecule has 6 nitrogen and oxygen atoms in total. The molecule has 5 atom stereocenters. The van der Waals surface area contributed by atoms with E-state index < -0.39 is 0 Å². The smallest absolute Gasteiger partial charge is 0.262 e. The van der Waals surface area contributed by atoms with Gasteiger partial charge in [0.1, 0.15) is 0 Å². The second-order valence-corrected chi connectivity index (χ2v) is 10.4. The van der Waals surface area contributed by atoms with E-state index in [0.717, 1.165) is 32.3 Å². The lowest BCUT2D eigenvalue weighted by Gasteiger charge is -2.35. The standard InChI is InChI=1S/C24H33N3O3S/c1-15-8-6-12-20(16(15)2)25-22(28)17(3)31-24-26-21-11-5-4-10-19(21)23(29)27(24)14-18-9-7-13-30-18/h4-5,10-11,15-18,20H,6-9,12-14H2,1-3H3,(H,25,28)/t15-,16+,17-,18-,20+/m0/s1. The number of thioether (sulfide) groups is 1. The van der Waals surface area contributed by atoms with Crippen LogP contribution in [0.3, 0.4) is 0 Å². The van der Waals surface area contributed by atoms with Gasteiger partial charge in [-0.2, -0.15) is 0 Å². The lowest BCUT2D eigenvalue weighted by atomic mass is 9.78. The molecule has 1 aliphatic heterocycles. The molecule has 2 aromatic rings. The molecule has 31 heavy (non-hydrogen) atoms. The average molecular weight is 444 g/mol. The van der Waals surface area contributed by atoms with E-state index in [4.69, 9.17) is 9.72 Å². The fourth-order valence-electron chi connectivity index (χ4n) is 4.69. The molecular weight excluding hydrogens is 410 g/mol. The van der Waals surface area contributed by atoms with Crippen LogP contribution in [0.1, 0.15) is 52.9 Å². The molecule has 1 aliphatic carbocycles. The lowest BCUT2D eigenvalue weighted by molar-refractivity contribution is -0.121. The summed E-state index contributed by atoms with van der Waals surface area (Å²) < 4.78 is 7.48. The Hall–Kier alpha value is -1.86. The Morgan fingerprint density at radius 3 is 2.84 bits per heavy atom. The van der Waals surface area contributed by atoms with Crippen molar-refractivity contribution >= 4 is 28.6 Å². The molecule has 7 heteroatoms. The van der Waals surface area contributed by atoms with Crippen LogP contribution in [-0.4, -0.2) is 39.5 Å². The van der Waals surface area contributed by atoms with Gasteiger partial charge < -0.3 is 10.1 Å². The number of fused-ring (bicyclic) bond motifs is 1. The summed E-state index contributed by atoms with van der Waals surface area (Å²) >= 11 is 1.37. The fourth-order valence-corrected chi connectivity index (χ4v) is 5.62. The molecule has 2 heterocycles. The maximum absolute atomic E-state index is 13.2. The number of amides is 1. The maximum atomic E-state index is 13.2. The predicted molar refractivity (Wildman–Crippen MR) is 124 cm³/mol. The van der Waals surface area contributed by atoms with Gasteiger partial charge in [0.25, 0.3) is 5.56 Å². The highest BCUT2D eigenvalue weighted by Gasteiger charge is 2.30. The predicted octanol–water partition coefficient (Wildman–Crippen LogP) is 4.00. The molecular formula is C24H33N3O3S. The number of rotatable bonds is 6. The van der Waals surface area contributed by atoms with Crippen molar-refractivity contribution in [2.75, 3.05) is 6.61 Å². The molecule has 1 amide bonds. The van der Waals surface area contributed by atoms with Gasteiger partial charge in [-0.1, -0.05) is 50.6 Å². The second-order valence-electron chi connectivity index (χ2n) is 9.10. The molecule has 0 radical (unpaired) electrons. The minimum atomic E-state index is -0.340. The van der Waals surface area contributed by atoms with Gasteiger partial charge in [0, 0.05) is 12.6 Å². The summed E-state index contributed by atoms with van der Waals surface area (Å²) in [6.07, 6.45) is 5.40. The van der Waals surface area contributed by atoms with Gasteiger partial charge in [-0.05, 0) is 50.2 Å². The van der Waals surface area contributed by atoms with Crippen LogP contribution in [0.5, 0.6) is 0 Å². The molecule has 1 aromatic heterocycles. The Kier molecular flexibility index (Phi) is 7.02. The van der Waals surface area contributed by atoms with Crippen LogP contribution in [0.15, 0.2) is 34.2 Å². The first-order valence-electron chi connectivity index (χ1n) is 11.5. The number of aromatic nitrogens is 2.